The number of hydrogen-bond acceptors (Lipinski definition) is 3. The first-order valence-electron chi connectivity index (χ1n) is 5.92. The molecule has 1 aromatic carbocycles. The van der Waals surface area contributed by atoms with E-state index in [4.69, 9.17) is 4.74 Å². The molecule has 0 amide bonds. The van der Waals surface area contributed by atoms with Crippen molar-refractivity contribution in [3.05, 3.63) is 47.5 Å². The van der Waals surface area contributed by atoms with Gasteiger partial charge in [0, 0.05) is 5.69 Å². The van der Waals surface area contributed by atoms with E-state index in [9.17, 15) is 5.11 Å². The van der Waals surface area contributed by atoms with Gasteiger partial charge in [-0.05, 0) is 31.5 Å². The Morgan fingerprint density at radius 3 is 2.78 bits per heavy atom. The maximum atomic E-state index is 10.2. The average molecular weight is 246 g/mol. The van der Waals surface area contributed by atoms with Crippen LogP contribution in [0.1, 0.15) is 23.1 Å². The fourth-order valence-electron chi connectivity index (χ4n) is 1.87. The lowest BCUT2D eigenvalue weighted by Crippen LogP contribution is -2.09. The third-order valence-corrected chi connectivity index (χ3v) is 3.19. The zero-order valence-corrected chi connectivity index (χ0v) is 10.9. The number of imidazole rings is 1. The Hall–Kier alpha value is -1.81. The first kappa shape index (κ1) is 12.6. The quantitative estimate of drug-likeness (QED) is 0.900. The molecule has 0 saturated carbocycles. The minimum Gasteiger partial charge on any atom is -0.497 e. The van der Waals surface area contributed by atoms with Crippen LogP contribution in [-0.4, -0.2) is 21.8 Å². The maximum absolute atomic E-state index is 10.2. The van der Waals surface area contributed by atoms with E-state index in [1.54, 1.807) is 13.4 Å². The third kappa shape index (κ3) is 2.54. The number of aliphatic hydroxyl groups is 1. The van der Waals surface area contributed by atoms with E-state index in [0.717, 1.165) is 22.7 Å². The second kappa shape index (κ2) is 5.23. The Morgan fingerprint density at radius 1 is 1.39 bits per heavy atom. The van der Waals surface area contributed by atoms with E-state index in [1.165, 1.54) is 0 Å². The highest BCUT2D eigenvalue weighted by Gasteiger charge is 2.11. The topological polar surface area (TPSA) is 47.3 Å². The molecule has 18 heavy (non-hydrogen) atoms. The lowest BCUT2D eigenvalue weighted by molar-refractivity contribution is 0.155. The van der Waals surface area contributed by atoms with Crippen LogP contribution in [0.15, 0.2) is 30.6 Å². The first-order valence-corrected chi connectivity index (χ1v) is 5.92. The van der Waals surface area contributed by atoms with Gasteiger partial charge < -0.3 is 14.4 Å². The molecule has 1 aromatic heterocycles. The van der Waals surface area contributed by atoms with Crippen LogP contribution in [0.4, 0.5) is 0 Å². The van der Waals surface area contributed by atoms with Crippen LogP contribution in [-0.2, 0) is 6.54 Å². The summed E-state index contributed by atoms with van der Waals surface area (Å²) in [4.78, 5) is 4.22. The van der Waals surface area contributed by atoms with Gasteiger partial charge in [-0.3, -0.25) is 0 Å². The smallest absolute Gasteiger partial charge is 0.119 e. The molecule has 4 heteroatoms. The van der Waals surface area contributed by atoms with Crippen molar-refractivity contribution >= 4 is 0 Å². The van der Waals surface area contributed by atoms with E-state index < -0.39 is 6.10 Å². The van der Waals surface area contributed by atoms with Gasteiger partial charge in [0.15, 0.2) is 0 Å². The van der Waals surface area contributed by atoms with Crippen LogP contribution in [0.2, 0.25) is 0 Å². The molecule has 96 valence electrons. The summed E-state index contributed by atoms with van der Waals surface area (Å²) in [5.41, 5.74) is 2.92. The molecular formula is C14H18N2O2. The molecule has 1 atom stereocenters. The van der Waals surface area contributed by atoms with E-state index in [0.29, 0.717) is 6.54 Å². The van der Waals surface area contributed by atoms with Gasteiger partial charge in [0.25, 0.3) is 0 Å². The molecule has 0 saturated heterocycles. The van der Waals surface area contributed by atoms with Gasteiger partial charge in [0.2, 0.25) is 0 Å². The van der Waals surface area contributed by atoms with Crippen LogP contribution in [0.25, 0.3) is 0 Å². The largest absolute Gasteiger partial charge is 0.497 e. The number of ether oxygens (including phenoxy) is 1. The van der Waals surface area contributed by atoms with Crippen molar-refractivity contribution < 1.29 is 9.84 Å². The normalized spacial score (nSPS) is 12.4. The van der Waals surface area contributed by atoms with Gasteiger partial charge in [-0.15, -0.1) is 0 Å². The molecule has 0 radical (unpaired) electrons. The van der Waals surface area contributed by atoms with Crippen LogP contribution in [0.3, 0.4) is 0 Å². The molecule has 0 spiro atoms. The molecule has 0 bridgehead atoms. The van der Waals surface area contributed by atoms with Gasteiger partial charge in [0.1, 0.15) is 5.75 Å². The van der Waals surface area contributed by atoms with Crippen molar-refractivity contribution in [3.63, 3.8) is 0 Å². The fourth-order valence-corrected chi connectivity index (χ4v) is 1.87. The van der Waals surface area contributed by atoms with Gasteiger partial charge in [-0.2, -0.15) is 0 Å². The molecule has 0 aliphatic carbocycles. The highest BCUT2D eigenvalue weighted by Crippen LogP contribution is 2.21. The minimum absolute atomic E-state index is 0.500. The molecule has 1 N–H and O–H groups in total. The molecule has 2 rings (SSSR count). The zero-order valence-electron chi connectivity index (χ0n) is 10.9. The number of aromatic nitrogens is 2. The van der Waals surface area contributed by atoms with Crippen molar-refractivity contribution in [2.75, 3.05) is 7.11 Å². The summed E-state index contributed by atoms with van der Waals surface area (Å²) < 4.78 is 7.11. The lowest BCUT2D eigenvalue weighted by atomic mass is 10.1. The molecule has 0 aliphatic rings. The van der Waals surface area contributed by atoms with Crippen molar-refractivity contribution in [2.24, 2.45) is 0 Å². The molecular weight excluding hydrogens is 228 g/mol. The Kier molecular flexibility index (Phi) is 3.67. The number of methoxy groups -OCH3 is 1. The van der Waals surface area contributed by atoms with Gasteiger partial charge in [0.05, 0.1) is 31.8 Å². The highest BCUT2D eigenvalue weighted by molar-refractivity contribution is 5.29. The number of aryl methyl sites for hydroxylation is 1. The lowest BCUT2D eigenvalue weighted by Gasteiger charge is -2.14. The monoisotopic (exact) mass is 246 g/mol. The van der Waals surface area contributed by atoms with E-state index in [1.807, 2.05) is 42.7 Å². The van der Waals surface area contributed by atoms with E-state index >= 15 is 0 Å². The maximum Gasteiger partial charge on any atom is 0.119 e. The summed E-state index contributed by atoms with van der Waals surface area (Å²) in [7, 11) is 1.62. The van der Waals surface area contributed by atoms with Crippen LogP contribution in [0.5, 0.6) is 5.75 Å². The van der Waals surface area contributed by atoms with Crippen molar-refractivity contribution in [3.8, 4) is 5.75 Å². The number of hydrogen-bond donors (Lipinski definition) is 1. The zero-order chi connectivity index (χ0) is 13.1. The van der Waals surface area contributed by atoms with Crippen molar-refractivity contribution in [1.82, 2.24) is 9.55 Å². The number of aliphatic hydroxyl groups excluding tert-OH is 1. The summed E-state index contributed by atoms with van der Waals surface area (Å²) in [5.74, 6) is 0.755. The molecule has 1 unspecified atom stereocenters. The molecule has 0 fully saturated rings. The summed E-state index contributed by atoms with van der Waals surface area (Å²) in [6.07, 6.45) is 1.20. The average Bonchev–Trinajstić information content (AvgIpc) is 2.71. The standard InChI is InChI=1S/C14H18N2O2/c1-10-11(2)16(9-15-10)8-14(17)12-5-4-6-13(7-12)18-3/h4-7,9,14,17H,8H2,1-3H3. The Morgan fingerprint density at radius 2 is 2.17 bits per heavy atom. The molecule has 2 aromatic rings. The fraction of sp³-hybridized carbons (Fsp3) is 0.357. The Labute approximate surface area is 107 Å². The van der Waals surface area contributed by atoms with Gasteiger partial charge in [-0.1, -0.05) is 12.1 Å². The predicted molar refractivity (Wildman–Crippen MR) is 69.7 cm³/mol. The van der Waals surface area contributed by atoms with Crippen molar-refractivity contribution in [1.29, 1.82) is 0 Å². The second-order valence-corrected chi connectivity index (χ2v) is 4.36. The third-order valence-electron chi connectivity index (χ3n) is 3.19. The highest BCUT2D eigenvalue weighted by atomic mass is 16.5. The Bertz CT molecular complexity index is 534. The van der Waals surface area contributed by atoms with Crippen LogP contribution in [0, 0.1) is 13.8 Å². The van der Waals surface area contributed by atoms with Crippen LogP contribution < -0.4 is 4.74 Å². The number of rotatable bonds is 4. The molecule has 0 aliphatic heterocycles. The van der Waals surface area contributed by atoms with Crippen LogP contribution >= 0.6 is 0 Å². The van der Waals surface area contributed by atoms with Gasteiger partial charge in [-0.25, -0.2) is 4.98 Å². The number of benzene rings is 1. The summed E-state index contributed by atoms with van der Waals surface area (Å²) >= 11 is 0. The second-order valence-electron chi connectivity index (χ2n) is 4.36. The Balaban J connectivity index is 2.16. The summed E-state index contributed by atoms with van der Waals surface area (Å²) in [6.45, 7) is 4.46. The SMILES string of the molecule is COc1cccc(C(O)Cn2cnc(C)c2C)c1. The minimum atomic E-state index is -0.563. The van der Waals surface area contributed by atoms with Gasteiger partial charge >= 0.3 is 0 Å². The van der Waals surface area contributed by atoms with Crippen molar-refractivity contribution in [2.45, 2.75) is 26.5 Å². The summed E-state index contributed by atoms with van der Waals surface area (Å²) in [5, 5.41) is 10.2. The van der Waals surface area contributed by atoms with E-state index in [2.05, 4.69) is 4.98 Å². The number of nitrogens with zero attached hydrogens (tertiary/aromatic N) is 2. The predicted octanol–water partition coefficient (Wildman–Crippen LogP) is 2.24. The van der Waals surface area contributed by atoms with E-state index in [-0.39, 0.29) is 0 Å². The molecule has 4 nitrogen and oxygen atoms in total. The molecule has 1 heterocycles. The first-order chi connectivity index (χ1) is 8.61. The summed E-state index contributed by atoms with van der Waals surface area (Å²) in [6, 6.07) is 7.49.